The van der Waals surface area contributed by atoms with Gasteiger partial charge in [0.05, 0.1) is 16.6 Å². The summed E-state index contributed by atoms with van der Waals surface area (Å²) < 4.78 is 10.9. The lowest BCUT2D eigenvalue weighted by molar-refractivity contribution is -0.385. The van der Waals surface area contributed by atoms with E-state index in [1.165, 1.54) is 12.1 Å². The number of nitro benzene ring substituents is 1. The number of hydrazine groups is 1. The molecule has 132 valence electrons. The van der Waals surface area contributed by atoms with Crippen molar-refractivity contribution in [2.75, 3.05) is 46.4 Å². The first-order valence-corrected chi connectivity index (χ1v) is 7.37. The van der Waals surface area contributed by atoms with Crippen LogP contribution in [0.1, 0.15) is 10.4 Å². The van der Waals surface area contributed by atoms with Gasteiger partial charge in [-0.25, -0.2) is 5.01 Å². The molecule has 1 amide bonds. The number of nitrogens with zero attached hydrogens (tertiary/aromatic N) is 3. The summed E-state index contributed by atoms with van der Waals surface area (Å²) in [5.41, 5.74) is 2.70. The molecule has 24 heavy (non-hydrogen) atoms. The van der Waals surface area contributed by atoms with E-state index in [1.807, 2.05) is 7.05 Å². The van der Waals surface area contributed by atoms with Crippen molar-refractivity contribution >= 4 is 24.0 Å². The van der Waals surface area contributed by atoms with Crippen LogP contribution in [-0.2, 0) is 0 Å². The number of nitrogens with one attached hydrogen (secondary N) is 1. The highest BCUT2D eigenvalue weighted by Gasteiger charge is 2.27. The summed E-state index contributed by atoms with van der Waals surface area (Å²) in [5, 5.41) is 12.9. The average Bonchev–Trinajstić information content (AvgIpc) is 2.55. The predicted octanol–water partition coefficient (Wildman–Crippen LogP) is 0.680. The minimum Gasteiger partial charge on any atom is -0.486 e. The molecule has 1 N–H and O–H groups in total. The number of hydrogen-bond acceptors (Lipinski definition) is 7. The highest BCUT2D eigenvalue weighted by atomic mass is 35.5. The monoisotopic (exact) mass is 358 g/mol. The molecule has 10 heteroatoms. The molecule has 1 aromatic rings. The summed E-state index contributed by atoms with van der Waals surface area (Å²) in [6, 6.07) is 2.50. The van der Waals surface area contributed by atoms with Gasteiger partial charge < -0.3 is 14.4 Å². The van der Waals surface area contributed by atoms with Gasteiger partial charge in [-0.1, -0.05) is 0 Å². The first-order valence-electron chi connectivity index (χ1n) is 7.37. The number of rotatable bonds is 3. The molecule has 0 radical (unpaired) electrons. The van der Waals surface area contributed by atoms with Gasteiger partial charge in [0.1, 0.15) is 13.2 Å². The van der Waals surface area contributed by atoms with Crippen molar-refractivity contribution in [1.82, 2.24) is 15.3 Å². The van der Waals surface area contributed by atoms with E-state index < -0.39 is 10.8 Å². The Labute approximate surface area is 145 Å². The predicted molar refractivity (Wildman–Crippen MR) is 87.9 cm³/mol. The topological polar surface area (TPSA) is 97.2 Å². The summed E-state index contributed by atoms with van der Waals surface area (Å²) in [5.74, 6) is 0.0578. The summed E-state index contributed by atoms with van der Waals surface area (Å²) >= 11 is 0. The van der Waals surface area contributed by atoms with Crippen LogP contribution >= 0.6 is 12.4 Å². The van der Waals surface area contributed by atoms with Crippen LogP contribution in [0, 0.1) is 10.1 Å². The van der Waals surface area contributed by atoms with Gasteiger partial charge in [-0.15, -0.1) is 12.4 Å². The molecule has 2 aliphatic rings. The summed E-state index contributed by atoms with van der Waals surface area (Å²) in [7, 11) is 2.02. The van der Waals surface area contributed by atoms with Gasteiger partial charge in [-0.2, -0.15) is 0 Å². The van der Waals surface area contributed by atoms with E-state index >= 15 is 0 Å². The van der Waals surface area contributed by atoms with E-state index in [9.17, 15) is 14.9 Å². The van der Waals surface area contributed by atoms with Gasteiger partial charge in [-0.3, -0.25) is 20.3 Å². The molecular weight excluding hydrogens is 340 g/mol. The van der Waals surface area contributed by atoms with Crippen molar-refractivity contribution in [3.05, 3.63) is 27.8 Å². The second-order valence-corrected chi connectivity index (χ2v) is 5.51. The number of piperazine rings is 1. The molecule has 1 aromatic carbocycles. The normalized spacial score (nSPS) is 17.7. The number of fused-ring (bicyclic) bond motifs is 1. The van der Waals surface area contributed by atoms with E-state index in [2.05, 4.69) is 10.3 Å². The molecule has 1 saturated heterocycles. The molecule has 0 atom stereocenters. The number of nitro groups is 1. The van der Waals surface area contributed by atoms with Crippen molar-refractivity contribution in [2.24, 2.45) is 0 Å². The Hall–Kier alpha value is -2.10. The van der Waals surface area contributed by atoms with Crippen molar-refractivity contribution in [3.8, 4) is 11.5 Å². The number of amides is 1. The fourth-order valence-electron chi connectivity index (χ4n) is 2.54. The summed E-state index contributed by atoms with van der Waals surface area (Å²) in [6.07, 6.45) is 0. The number of benzene rings is 1. The van der Waals surface area contributed by atoms with Crippen LogP contribution < -0.4 is 14.9 Å². The Morgan fingerprint density at radius 3 is 2.54 bits per heavy atom. The standard InChI is InChI=1S/C14H18N4O5.ClH/c1-16-2-4-17(5-3-16)15-14(19)11-8-10(18(20)21)9-12-13(11)23-7-6-22-12;/h8-9H,2-7H2,1H3,(H,15,19);1H. The molecule has 2 heterocycles. The van der Waals surface area contributed by atoms with Crippen LogP contribution in [0.3, 0.4) is 0 Å². The summed E-state index contributed by atoms with van der Waals surface area (Å²) in [6.45, 7) is 3.67. The molecule has 0 spiro atoms. The summed E-state index contributed by atoms with van der Waals surface area (Å²) in [4.78, 5) is 25.2. The number of non-ortho nitro benzene ring substituents is 1. The van der Waals surface area contributed by atoms with Gasteiger partial charge in [0.15, 0.2) is 11.5 Å². The molecule has 9 nitrogen and oxygen atoms in total. The fourth-order valence-corrected chi connectivity index (χ4v) is 2.54. The average molecular weight is 359 g/mol. The zero-order valence-electron chi connectivity index (χ0n) is 13.2. The quantitative estimate of drug-likeness (QED) is 0.626. The lowest BCUT2D eigenvalue weighted by atomic mass is 10.1. The van der Waals surface area contributed by atoms with E-state index in [4.69, 9.17) is 9.47 Å². The molecule has 0 saturated carbocycles. The Balaban J connectivity index is 0.00000208. The third-order valence-electron chi connectivity index (χ3n) is 3.85. The molecule has 2 aliphatic heterocycles. The van der Waals surface area contributed by atoms with E-state index in [-0.39, 0.29) is 35.2 Å². The van der Waals surface area contributed by atoms with Crippen LogP contribution in [0.25, 0.3) is 0 Å². The Bertz CT molecular complexity index is 634. The van der Waals surface area contributed by atoms with Gasteiger partial charge in [0, 0.05) is 32.2 Å². The number of carbonyl (C=O) groups is 1. The number of ether oxygens (including phenoxy) is 2. The maximum absolute atomic E-state index is 12.5. The maximum atomic E-state index is 12.5. The van der Waals surface area contributed by atoms with Gasteiger partial charge in [0.2, 0.25) is 0 Å². The van der Waals surface area contributed by atoms with Crippen LogP contribution in [0.15, 0.2) is 12.1 Å². The van der Waals surface area contributed by atoms with Crippen LogP contribution in [0.2, 0.25) is 0 Å². The lowest BCUT2D eigenvalue weighted by Crippen LogP contribution is -2.52. The first-order chi connectivity index (χ1) is 11.0. The number of hydrogen-bond donors (Lipinski definition) is 1. The molecule has 0 aromatic heterocycles. The first kappa shape index (κ1) is 18.2. The van der Waals surface area contributed by atoms with Crippen LogP contribution in [-0.4, -0.2) is 67.2 Å². The molecule has 1 fully saturated rings. The molecule has 0 aliphatic carbocycles. The minimum absolute atomic E-state index is 0. The zero-order chi connectivity index (χ0) is 16.4. The van der Waals surface area contributed by atoms with Crippen molar-refractivity contribution in [2.45, 2.75) is 0 Å². The smallest absolute Gasteiger partial charge is 0.274 e. The van der Waals surface area contributed by atoms with Gasteiger partial charge >= 0.3 is 0 Å². The Morgan fingerprint density at radius 1 is 1.21 bits per heavy atom. The maximum Gasteiger partial charge on any atom is 0.274 e. The zero-order valence-corrected chi connectivity index (χ0v) is 14.0. The second-order valence-electron chi connectivity index (χ2n) is 5.51. The fraction of sp³-hybridized carbons (Fsp3) is 0.500. The second kappa shape index (κ2) is 7.65. The number of carbonyl (C=O) groups excluding carboxylic acids is 1. The van der Waals surface area contributed by atoms with Gasteiger partial charge in [-0.05, 0) is 7.05 Å². The Morgan fingerprint density at radius 2 is 1.88 bits per heavy atom. The van der Waals surface area contributed by atoms with Crippen LogP contribution in [0.5, 0.6) is 11.5 Å². The molecule has 0 unspecified atom stereocenters. The Kier molecular flexibility index (Phi) is 5.81. The van der Waals surface area contributed by atoms with E-state index in [1.54, 1.807) is 5.01 Å². The highest BCUT2D eigenvalue weighted by Crippen LogP contribution is 2.37. The van der Waals surface area contributed by atoms with E-state index in [0.29, 0.717) is 26.3 Å². The van der Waals surface area contributed by atoms with Gasteiger partial charge in [0.25, 0.3) is 11.6 Å². The van der Waals surface area contributed by atoms with Crippen molar-refractivity contribution in [1.29, 1.82) is 0 Å². The number of likely N-dealkylation sites (N-methyl/N-ethyl adjacent to an activating group) is 1. The highest BCUT2D eigenvalue weighted by molar-refractivity contribution is 5.98. The third kappa shape index (κ3) is 3.86. The minimum atomic E-state index is -0.551. The van der Waals surface area contributed by atoms with Crippen molar-refractivity contribution < 1.29 is 19.2 Å². The molecule has 0 bridgehead atoms. The largest absolute Gasteiger partial charge is 0.486 e. The molecule has 3 rings (SSSR count). The van der Waals surface area contributed by atoms with Crippen LogP contribution in [0.4, 0.5) is 5.69 Å². The van der Waals surface area contributed by atoms with E-state index in [0.717, 1.165) is 13.1 Å². The third-order valence-corrected chi connectivity index (χ3v) is 3.85. The molecular formula is C14H19ClN4O5. The lowest BCUT2D eigenvalue weighted by Gasteiger charge is -2.32. The van der Waals surface area contributed by atoms with Crippen molar-refractivity contribution in [3.63, 3.8) is 0 Å². The SMILES string of the molecule is CN1CCN(NC(=O)c2cc([N+](=O)[O-])cc3c2OCCO3)CC1.Cl. The number of halogens is 1.